The van der Waals surface area contributed by atoms with Crippen LogP contribution in [0.5, 0.6) is 0 Å². The van der Waals surface area contributed by atoms with Crippen molar-refractivity contribution in [3.05, 3.63) is 34.3 Å². The molecule has 2 heterocycles. The Kier molecular flexibility index (Phi) is 8.11. The molecule has 3 amide bonds. The van der Waals surface area contributed by atoms with Crippen LogP contribution in [0.3, 0.4) is 0 Å². The fourth-order valence-corrected chi connectivity index (χ4v) is 5.63. The molecule has 3 unspecified atom stereocenters. The number of hydrogen-bond donors (Lipinski definition) is 2. The molecule has 8 nitrogen and oxygen atoms in total. The van der Waals surface area contributed by atoms with E-state index in [1.807, 2.05) is 4.90 Å². The number of amides is 3. The molecule has 1 saturated carbocycles. The third-order valence-corrected chi connectivity index (χ3v) is 7.76. The summed E-state index contributed by atoms with van der Waals surface area (Å²) >= 11 is 5.65. The number of piperazine rings is 1. The van der Waals surface area contributed by atoms with Crippen LogP contribution in [0.2, 0.25) is 5.02 Å². The maximum Gasteiger partial charge on any atom is 0.417 e. The minimum atomic E-state index is -4.58. The summed E-state index contributed by atoms with van der Waals surface area (Å²) < 4.78 is 39.2. The van der Waals surface area contributed by atoms with Crippen molar-refractivity contribution in [3.8, 4) is 0 Å². The van der Waals surface area contributed by atoms with E-state index in [1.54, 1.807) is 6.92 Å². The average molecular weight is 530 g/mol. The van der Waals surface area contributed by atoms with Gasteiger partial charge in [0.05, 0.1) is 23.2 Å². The lowest BCUT2D eigenvalue weighted by molar-refractivity contribution is -0.146. The highest BCUT2D eigenvalue weighted by Crippen LogP contribution is 2.35. The molecule has 1 aromatic rings. The summed E-state index contributed by atoms with van der Waals surface area (Å²) in [5, 5.41) is 5.57. The smallest absolute Gasteiger partial charge is 0.350 e. The van der Waals surface area contributed by atoms with E-state index in [4.69, 9.17) is 11.6 Å². The van der Waals surface area contributed by atoms with Crippen molar-refractivity contribution >= 4 is 29.3 Å². The van der Waals surface area contributed by atoms with Gasteiger partial charge in [0.25, 0.3) is 0 Å². The Morgan fingerprint density at radius 3 is 2.56 bits per heavy atom. The highest BCUT2D eigenvalue weighted by atomic mass is 35.5. The summed E-state index contributed by atoms with van der Waals surface area (Å²) in [5.74, 6) is -0.677. The maximum absolute atomic E-state index is 13.2. The third-order valence-electron chi connectivity index (χ3n) is 7.43. The average Bonchev–Trinajstić information content (AvgIpc) is 2.84. The Hall–Kier alpha value is -2.37. The fraction of sp³-hybridized carbons (Fsp3) is 0.625. The van der Waals surface area contributed by atoms with Crippen LogP contribution in [0, 0.1) is 5.92 Å². The minimum Gasteiger partial charge on any atom is -0.350 e. The molecule has 2 saturated heterocycles. The largest absolute Gasteiger partial charge is 0.417 e. The van der Waals surface area contributed by atoms with Crippen LogP contribution in [0.4, 0.5) is 13.2 Å². The van der Waals surface area contributed by atoms with Crippen LogP contribution in [-0.4, -0.2) is 83.9 Å². The van der Waals surface area contributed by atoms with E-state index in [1.165, 1.54) is 11.0 Å². The molecular weight excluding hydrogens is 499 g/mol. The normalized spacial score (nSPS) is 25.5. The molecule has 0 radical (unpaired) electrons. The van der Waals surface area contributed by atoms with Crippen molar-refractivity contribution in [2.75, 3.05) is 39.4 Å². The maximum atomic E-state index is 13.2. The number of rotatable bonds is 5. The molecule has 0 aromatic heterocycles. The van der Waals surface area contributed by atoms with Crippen LogP contribution in [0.1, 0.15) is 37.3 Å². The SMILES string of the molecule is CC(=O)N1CCN(C2CCC3NCN(CC(=O)NCc4ccc(Cl)c(C(F)(F)F)c4)C(=O)C3C2)CC1. The van der Waals surface area contributed by atoms with Gasteiger partial charge in [0.1, 0.15) is 6.54 Å². The summed E-state index contributed by atoms with van der Waals surface area (Å²) in [4.78, 5) is 43.0. The quantitative estimate of drug-likeness (QED) is 0.610. The topological polar surface area (TPSA) is 85.0 Å². The molecule has 3 aliphatic rings. The van der Waals surface area contributed by atoms with Crippen LogP contribution < -0.4 is 10.6 Å². The monoisotopic (exact) mass is 529 g/mol. The zero-order valence-corrected chi connectivity index (χ0v) is 20.9. The third kappa shape index (κ3) is 6.12. The van der Waals surface area contributed by atoms with Crippen LogP contribution in [-0.2, 0) is 27.1 Å². The molecule has 1 aromatic carbocycles. The lowest BCUT2D eigenvalue weighted by Crippen LogP contribution is -2.62. The van der Waals surface area contributed by atoms with E-state index < -0.39 is 22.7 Å². The number of alkyl halides is 3. The minimum absolute atomic E-state index is 0.0708. The second-order valence-electron chi connectivity index (χ2n) is 9.71. The van der Waals surface area contributed by atoms with E-state index >= 15 is 0 Å². The predicted molar refractivity (Wildman–Crippen MR) is 127 cm³/mol. The van der Waals surface area contributed by atoms with Crippen molar-refractivity contribution in [2.24, 2.45) is 5.92 Å². The summed E-state index contributed by atoms with van der Waals surface area (Å²) in [6.45, 7) is 4.52. The Bertz CT molecular complexity index is 1000. The highest BCUT2D eigenvalue weighted by molar-refractivity contribution is 6.31. The number of carbonyl (C=O) groups is 3. The molecule has 3 atom stereocenters. The van der Waals surface area contributed by atoms with Crippen molar-refractivity contribution in [3.63, 3.8) is 0 Å². The number of nitrogens with one attached hydrogen (secondary N) is 2. The van der Waals surface area contributed by atoms with Gasteiger partial charge in [0.15, 0.2) is 0 Å². The summed E-state index contributed by atoms with van der Waals surface area (Å²) in [5.41, 5.74) is -0.685. The lowest BCUT2D eigenvalue weighted by atomic mass is 9.79. The molecule has 3 fully saturated rings. The molecule has 2 aliphatic heterocycles. The van der Waals surface area contributed by atoms with E-state index in [2.05, 4.69) is 15.5 Å². The van der Waals surface area contributed by atoms with E-state index in [-0.39, 0.29) is 55.1 Å². The van der Waals surface area contributed by atoms with Gasteiger partial charge in [-0.2, -0.15) is 13.2 Å². The standard InChI is InChI=1S/C24H31ClF3N5O3/c1-15(34)31-6-8-32(9-7-31)17-3-5-21-18(11-17)23(36)33(14-30-21)13-22(35)29-12-16-2-4-20(25)19(10-16)24(26,27)28/h2,4,10,17-18,21,30H,3,5-9,11-14H2,1H3,(H,29,35). The van der Waals surface area contributed by atoms with Crippen molar-refractivity contribution < 1.29 is 27.6 Å². The molecule has 0 spiro atoms. The second kappa shape index (κ2) is 10.9. The first-order valence-electron chi connectivity index (χ1n) is 12.2. The number of nitrogens with zero attached hydrogens (tertiary/aromatic N) is 3. The van der Waals surface area contributed by atoms with Crippen molar-refractivity contribution in [1.82, 2.24) is 25.3 Å². The molecule has 198 valence electrons. The molecule has 36 heavy (non-hydrogen) atoms. The fourth-order valence-electron chi connectivity index (χ4n) is 5.40. The molecule has 2 N–H and O–H groups in total. The van der Waals surface area contributed by atoms with Gasteiger partial charge in [0.2, 0.25) is 17.7 Å². The first-order chi connectivity index (χ1) is 17.0. The number of hydrogen-bond acceptors (Lipinski definition) is 5. The van der Waals surface area contributed by atoms with Gasteiger partial charge in [-0.1, -0.05) is 17.7 Å². The number of carbonyl (C=O) groups excluding carboxylic acids is 3. The summed E-state index contributed by atoms with van der Waals surface area (Å²) in [7, 11) is 0. The molecular formula is C24H31ClF3N5O3. The molecule has 4 rings (SSSR count). The van der Waals surface area contributed by atoms with Crippen molar-refractivity contribution in [1.29, 1.82) is 0 Å². The van der Waals surface area contributed by atoms with Gasteiger partial charge in [-0.15, -0.1) is 0 Å². The van der Waals surface area contributed by atoms with Gasteiger partial charge in [-0.25, -0.2) is 0 Å². The first-order valence-corrected chi connectivity index (χ1v) is 12.5. The number of benzene rings is 1. The molecule has 12 heteroatoms. The van der Waals surface area contributed by atoms with Crippen LogP contribution in [0.25, 0.3) is 0 Å². The van der Waals surface area contributed by atoms with Crippen LogP contribution in [0.15, 0.2) is 18.2 Å². The molecule has 1 aliphatic carbocycles. The number of halogens is 4. The Morgan fingerprint density at radius 1 is 1.17 bits per heavy atom. The van der Waals surface area contributed by atoms with Gasteiger partial charge in [0, 0.05) is 51.7 Å². The Balaban J connectivity index is 1.29. The summed E-state index contributed by atoms with van der Waals surface area (Å²) in [6.07, 6.45) is -2.05. The van der Waals surface area contributed by atoms with Crippen LogP contribution >= 0.6 is 11.6 Å². The zero-order valence-electron chi connectivity index (χ0n) is 20.1. The van der Waals surface area contributed by atoms with E-state index in [0.29, 0.717) is 19.5 Å². The lowest BCUT2D eigenvalue weighted by Gasteiger charge is -2.47. The van der Waals surface area contributed by atoms with Gasteiger partial charge in [-0.3, -0.25) is 24.6 Å². The van der Waals surface area contributed by atoms with Gasteiger partial charge < -0.3 is 15.1 Å². The van der Waals surface area contributed by atoms with E-state index in [0.717, 1.165) is 38.1 Å². The second-order valence-corrected chi connectivity index (χ2v) is 10.1. The van der Waals surface area contributed by atoms with E-state index in [9.17, 15) is 27.6 Å². The highest BCUT2D eigenvalue weighted by Gasteiger charge is 2.42. The predicted octanol–water partition coefficient (Wildman–Crippen LogP) is 2.07. The summed E-state index contributed by atoms with van der Waals surface area (Å²) in [6, 6.07) is 3.83. The zero-order chi connectivity index (χ0) is 26.0. The first kappa shape index (κ1) is 26.7. The molecule has 0 bridgehead atoms. The number of fused-ring (bicyclic) bond motifs is 1. The van der Waals surface area contributed by atoms with Gasteiger partial charge >= 0.3 is 6.18 Å². The van der Waals surface area contributed by atoms with Crippen molar-refractivity contribution in [2.45, 2.75) is 51.0 Å². The Labute approximate surface area is 213 Å². The Morgan fingerprint density at radius 2 is 1.89 bits per heavy atom. The van der Waals surface area contributed by atoms with Gasteiger partial charge in [-0.05, 0) is 37.0 Å².